The largest absolute Gasteiger partial charge is 0.479 e. The van der Waals surface area contributed by atoms with E-state index in [1.165, 1.54) is 0 Å². The van der Waals surface area contributed by atoms with Crippen LogP contribution in [0, 0.1) is 5.92 Å². The van der Waals surface area contributed by atoms with Crippen LogP contribution in [0.3, 0.4) is 0 Å². The monoisotopic (exact) mass is 162 g/mol. The molecule has 11 heavy (non-hydrogen) atoms. The molecule has 0 spiro atoms. The number of rotatable bonds is 5. The van der Waals surface area contributed by atoms with Crippen LogP contribution in [0.4, 0.5) is 4.39 Å². The first-order valence-corrected chi connectivity index (χ1v) is 3.96. The zero-order chi connectivity index (χ0) is 8.85. The van der Waals surface area contributed by atoms with Crippen molar-refractivity contribution in [2.75, 3.05) is 0 Å². The lowest BCUT2D eigenvalue weighted by atomic mass is 9.99. The molecule has 1 N–H and O–H groups in total. The summed E-state index contributed by atoms with van der Waals surface area (Å²) in [7, 11) is 0. The maximum atomic E-state index is 12.6. The Bertz CT molecular complexity index is 125. The quantitative estimate of drug-likeness (QED) is 0.673. The molecule has 0 aliphatic heterocycles. The van der Waals surface area contributed by atoms with Gasteiger partial charge in [0.2, 0.25) is 0 Å². The molecule has 0 aliphatic carbocycles. The van der Waals surface area contributed by atoms with Gasteiger partial charge in [-0.2, -0.15) is 0 Å². The Balaban J connectivity index is 3.63. The number of alkyl halides is 1. The number of hydrogen-bond donors (Lipinski definition) is 1. The van der Waals surface area contributed by atoms with Crippen molar-refractivity contribution in [3.63, 3.8) is 0 Å². The van der Waals surface area contributed by atoms with Gasteiger partial charge in [0.15, 0.2) is 6.17 Å². The van der Waals surface area contributed by atoms with Gasteiger partial charge >= 0.3 is 5.97 Å². The summed E-state index contributed by atoms with van der Waals surface area (Å²) >= 11 is 0. The maximum absolute atomic E-state index is 12.6. The molecule has 2 unspecified atom stereocenters. The first-order valence-electron chi connectivity index (χ1n) is 3.96. The number of carboxylic acid groups (broad SMARTS) is 1. The Kier molecular flexibility index (Phi) is 4.83. The molecule has 66 valence electrons. The minimum absolute atomic E-state index is 0.354. The first-order chi connectivity index (χ1) is 5.09. The Hall–Kier alpha value is -0.600. The highest BCUT2D eigenvalue weighted by Gasteiger charge is 2.22. The Morgan fingerprint density at radius 1 is 1.64 bits per heavy atom. The second-order valence-corrected chi connectivity index (χ2v) is 2.86. The summed E-state index contributed by atoms with van der Waals surface area (Å²) in [6.45, 7) is 3.63. The van der Waals surface area contributed by atoms with Crippen molar-refractivity contribution in [3.05, 3.63) is 0 Å². The van der Waals surface area contributed by atoms with Crippen molar-refractivity contribution in [2.24, 2.45) is 5.92 Å². The molecule has 2 nitrogen and oxygen atoms in total. The van der Waals surface area contributed by atoms with Crippen molar-refractivity contribution < 1.29 is 14.3 Å². The number of unbranched alkanes of at least 4 members (excludes halogenated alkanes) is 1. The second kappa shape index (κ2) is 5.10. The van der Waals surface area contributed by atoms with Gasteiger partial charge in [-0.15, -0.1) is 0 Å². The fourth-order valence-electron chi connectivity index (χ4n) is 0.916. The zero-order valence-corrected chi connectivity index (χ0v) is 7.01. The highest BCUT2D eigenvalue weighted by molar-refractivity contribution is 5.72. The van der Waals surface area contributed by atoms with Gasteiger partial charge in [-0.3, -0.25) is 0 Å². The fourth-order valence-corrected chi connectivity index (χ4v) is 0.916. The topological polar surface area (TPSA) is 37.3 Å². The van der Waals surface area contributed by atoms with Crippen molar-refractivity contribution in [1.29, 1.82) is 0 Å². The van der Waals surface area contributed by atoms with Crippen LogP contribution in [0.1, 0.15) is 33.1 Å². The highest BCUT2D eigenvalue weighted by Crippen LogP contribution is 2.14. The van der Waals surface area contributed by atoms with E-state index in [2.05, 4.69) is 0 Å². The van der Waals surface area contributed by atoms with Crippen LogP contribution in [0.15, 0.2) is 0 Å². The molecular weight excluding hydrogens is 147 g/mol. The van der Waals surface area contributed by atoms with Crippen molar-refractivity contribution >= 4 is 5.97 Å². The number of carbonyl (C=O) groups is 1. The third-order valence-electron chi connectivity index (χ3n) is 1.75. The first kappa shape index (κ1) is 10.4. The summed E-state index contributed by atoms with van der Waals surface area (Å²) in [5, 5.41) is 8.28. The molecule has 0 heterocycles. The van der Waals surface area contributed by atoms with Crippen LogP contribution < -0.4 is 0 Å². The van der Waals surface area contributed by atoms with Gasteiger partial charge in [-0.1, -0.05) is 26.7 Å². The predicted octanol–water partition coefficient (Wildman–Crippen LogP) is 2.24. The highest BCUT2D eigenvalue weighted by atomic mass is 19.1. The standard InChI is InChI=1S/C8H15FO2/c1-3-4-5-6(2)7(9)8(10)11/h6-7H,3-5H2,1-2H3,(H,10,11). The summed E-state index contributed by atoms with van der Waals surface area (Å²) in [6.07, 6.45) is 0.844. The zero-order valence-electron chi connectivity index (χ0n) is 7.01. The van der Waals surface area contributed by atoms with E-state index in [4.69, 9.17) is 5.11 Å². The summed E-state index contributed by atoms with van der Waals surface area (Å²) in [4.78, 5) is 10.1. The van der Waals surface area contributed by atoms with Gasteiger partial charge in [0, 0.05) is 0 Å². The Morgan fingerprint density at radius 3 is 2.55 bits per heavy atom. The minimum atomic E-state index is -1.69. The Morgan fingerprint density at radius 2 is 2.18 bits per heavy atom. The predicted molar refractivity (Wildman–Crippen MR) is 41.2 cm³/mol. The van der Waals surface area contributed by atoms with Crippen LogP contribution in [0.5, 0.6) is 0 Å². The summed E-state index contributed by atoms with van der Waals surface area (Å²) < 4.78 is 12.6. The molecule has 0 amide bonds. The van der Waals surface area contributed by atoms with E-state index in [1.807, 2.05) is 6.92 Å². The molecule has 0 aromatic carbocycles. The average molecular weight is 162 g/mol. The van der Waals surface area contributed by atoms with E-state index in [9.17, 15) is 9.18 Å². The van der Waals surface area contributed by atoms with E-state index in [0.29, 0.717) is 6.42 Å². The average Bonchev–Trinajstić information content (AvgIpc) is 1.98. The molecule has 3 heteroatoms. The van der Waals surface area contributed by atoms with Crippen molar-refractivity contribution in [2.45, 2.75) is 39.3 Å². The van der Waals surface area contributed by atoms with Gasteiger partial charge in [-0.05, 0) is 12.3 Å². The molecule has 0 bridgehead atoms. The van der Waals surface area contributed by atoms with Gasteiger partial charge in [0.05, 0.1) is 0 Å². The van der Waals surface area contributed by atoms with E-state index in [0.717, 1.165) is 12.8 Å². The molecule has 2 atom stereocenters. The van der Waals surface area contributed by atoms with E-state index in [1.54, 1.807) is 6.92 Å². The lowest BCUT2D eigenvalue weighted by molar-refractivity contribution is -0.144. The van der Waals surface area contributed by atoms with Crippen LogP contribution in [0.2, 0.25) is 0 Å². The van der Waals surface area contributed by atoms with Gasteiger partial charge < -0.3 is 5.11 Å². The van der Waals surface area contributed by atoms with Crippen LogP contribution in [0.25, 0.3) is 0 Å². The molecule has 0 saturated carbocycles. The summed E-state index contributed by atoms with van der Waals surface area (Å²) in [5.41, 5.74) is 0. The minimum Gasteiger partial charge on any atom is -0.479 e. The SMILES string of the molecule is CCCCC(C)C(F)C(=O)O. The number of halogens is 1. The lowest BCUT2D eigenvalue weighted by Gasteiger charge is -2.11. The van der Waals surface area contributed by atoms with Crippen molar-refractivity contribution in [3.8, 4) is 0 Å². The molecule has 0 saturated heterocycles. The van der Waals surface area contributed by atoms with E-state index >= 15 is 0 Å². The molecule has 0 rings (SSSR count). The smallest absolute Gasteiger partial charge is 0.338 e. The van der Waals surface area contributed by atoms with Gasteiger partial charge in [0.25, 0.3) is 0 Å². The normalized spacial score (nSPS) is 15.9. The molecular formula is C8H15FO2. The number of aliphatic carboxylic acids is 1. The van der Waals surface area contributed by atoms with Crippen LogP contribution >= 0.6 is 0 Å². The molecule has 0 radical (unpaired) electrons. The van der Waals surface area contributed by atoms with Crippen molar-refractivity contribution in [1.82, 2.24) is 0 Å². The molecule has 0 fully saturated rings. The summed E-state index contributed by atoms with van der Waals surface area (Å²) in [5.74, 6) is -1.69. The van der Waals surface area contributed by atoms with Gasteiger partial charge in [-0.25, -0.2) is 9.18 Å². The number of hydrogen-bond acceptors (Lipinski definition) is 1. The second-order valence-electron chi connectivity index (χ2n) is 2.86. The third-order valence-corrected chi connectivity index (χ3v) is 1.75. The van der Waals surface area contributed by atoms with E-state index in [-0.39, 0.29) is 5.92 Å². The third kappa shape index (κ3) is 3.96. The van der Waals surface area contributed by atoms with E-state index < -0.39 is 12.1 Å². The molecule has 0 aromatic heterocycles. The summed E-state index contributed by atoms with van der Waals surface area (Å²) in [6, 6.07) is 0. The van der Waals surface area contributed by atoms with Crippen LogP contribution in [-0.2, 0) is 4.79 Å². The fraction of sp³-hybridized carbons (Fsp3) is 0.875. The lowest BCUT2D eigenvalue weighted by Crippen LogP contribution is -2.22. The number of carboxylic acids is 1. The molecule has 0 aliphatic rings. The maximum Gasteiger partial charge on any atom is 0.338 e. The Labute approximate surface area is 66.4 Å². The van der Waals surface area contributed by atoms with Crippen LogP contribution in [-0.4, -0.2) is 17.2 Å². The molecule has 0 aromatic rings. The van der Waals surface area contributed by atoms with Gasteiger partial charge in [0.1, 0.15) is 0 Å².